The molecule has 0 bridgehead atoms. The Morgan fingerprint density at radius 3 is 2.40 bits per heavy atom. The number of carbonyl (C=O) groups excluding carboxylic acids is 3. The van der Waals surface area contributed by atoms with Gasteiger partial charge in [-0.25, -0.2) is 9.18 Å². The van der Waals surface area contributed by atoms with Crippen LogP contribution in [0.2, 0.25) is 0 Å². The molecule has 9 nitrogen and oxygen atoms in total. The second-order valence-corrected chi connectivity index (χ2v) is 7.91. The van der Waals surface area contributed by atoms with Gasteiger partial charge < -0.3 is 14.5 Å². The molecule has 2 aromatic carbocycles. The van der Waals surface area contributed by atoms with Gasteiger partial charge in [-0.3, -0.25) is 25.3 Å². The molecule has 3 rings (SSSR count). The fourth-order valence-electron chi connectivity index (χ4n) is 3.45. The zero-order valence-corrected chi connectivity index (χ0v) is 19.3. The van der Waals surface area contributed by atoms with Crippen molar-refractivity contribution in [1.82, 2.24) is 20.7 Å². The molecule has 12 heteroatoms. The Morgan fingerprint density at radius 1 is 1.06 bits per heavy atom. The SMILES string of the molecule is COc1cccc(N(Cc2ccc(C(=O)NNC(=O)C(F)F)cc2F)C(=O)N2CCN(C)CC2)c1. The number of amides is 4. The van der Waals surface area contributed by atoms with Gasteiger partial charge in [-0.1, -0.05) is 12.1 Å². The standard InChI is InChI=1S/C23H26F3N5O4/c1-29-8-10-30(11-9-29)23(34)31(17-4-3-5-18(13-17)35-2)14-16-7-6-15(12-19(16)24)21(32)27-28-22(33)20(25)26/h3-7,12-13,20H,8-11,14H2,1-2H3,(H,27,32)(H,28,33). The molecule has 0 radical (unpaired) electrons. The molecule has 2 aromatic rings. The first-order chi connectivity index (χ1) is 16.7. The Hall–Kier alpha value is -3.80. The van der Waals surface area contributed by atoms with Crippen LogP contribution in [0.25, 0.3) is 0 Å². The third-order valence-corrected chi connectivity index (χ3v) is 5.51. The summed E-state index contributed by atoms with van der Waals surface area (Å²) in [6.07, 6.45) is -3.31. The van der Waals surface area contributed by atoms with Gasteiger partial charge in [0, 0.05) is 49.1 Å². The van der Waals surface area contributed by atoms with Gasteiger partial charge in [0.25, 0.3) is 5.91 Å². The van der Waals surface area contributed by atoms with Crippen LogP contribution in [0.3, 0.4) is 0 Å². The minimum absolute atomic E-state index is 0.128. The minimum Gasteiger partial charge on any atom is -0.497 e. The number of methoxy groups -OCH3 is 1. The van der Waals surface area contributed by atoms with Crippen LogP contribution in [0.4, 0.5) is 23.7 Å². The van der Waals surface area contributed by atoms with E-state index in [1.165, 1.54) is 24.1 Å². The van der Waals surface area contributed by atoms with E-state index in [-0.39, 0.29) is 23.7 Å². The molecule has 1 fully saturated rings. The lowest BCUT2D eigenvalue weighted by Gasteiger charge is -2.36. The van der Waals surface area contributed by atoms with Crippen molar-refractivity contribution >= 4 is 23.5 Å². The number of piperazine rings is 1. The molecule has 0 atom stereocenters. The third-order valence-electron chi connectivity index (χ3n) is 5.51. The van der Waals surface area contributed by atoms with Crippen LogP contribution in [0.15, 0.2) is 42.5 Å². The quantitative estimate of drug-likeness (QED) is 0.602. The van der Waals surface area contributed by atoms with E-state index in [0.717, 1.165) is 6.07 Å². The number of alkyl halides is 2. The van der Waals surface area contributed by atoms with Crippen LogP contribution in [-0.2, 0) is 11.3 Å². The van der Waals surface area contributed by atoms with Gasteiger partial charge in [0.2, 0.25) is 0 Å². The molecular formula is C23H26F3N5O4. The number of ether oxygens (including phenoxy) is 1. The molecule has 0 aliphatic carbocycles. The van der Waals surface area contributed by atoms with E-state index < -0.39 is 24.1 Å². The molecule has 0 spiro atoms. The summed E-state index contributed by atoms with van der Waals surface area (Å²) in [5, 5.41) is 0. The minimum atomic E-state index is -3.31. The van der Waals surface area contributed by atoms with Crippen molar-refractivity contribution in [2.75, 3.05) is 45.2 Å². The number of hydrazine groups is 1. The fraction of sp³-hybridized carbons (Fsp3) is 0.348. The monoisotopic (exact) mass is 493 g/mol. The molecule has 0 unspecified atom stereocenters. The highest BCUT2D eigenvalue weighted by molar-refractivity contribution is 5.96. The summed E-state index contributed by atoms with van der Waals surface area (Å²) in [6.45, 7) is 2.31. The summed E-state index contributed by atoms with van der Waals surface area (Å²) < 4.78 is 44.7. The second kappa shape index (κ2) is 11.6. The maximum absolute atomic E-state index is 14.9. The summed E-state index contributed by atoms with van der Waals surface area (Å²) in [4.78, 5) is 41.6. The molecule has 1 heterocycles. The van der Waals surface area contributed by atoms with E-state index in [2.05, 4.69) is 4.90 Å². The summed E-state index contributed by atoms with van der Waals surface area (Å²) in [5.74, 6) is -2.91. The van der Waals surface area contributed by atoms with Gasteiger partial charge in [-0.05, 0) is 31.3 Å². The number of likely N-dealkylation sites (N-methyl/N-ethyl adjacent to an activating group) is 1. The predicted molar refractivity (Wildman–Crippen MR) is 122 cm³/mol. The lowest BCUT2D eigenvalue weighted by molar-refractivity contribution is -0.132. The Balaban J connectivity index is 1.82. The van der Waals surface area contributed by atoms with Gasteiger partial charge in [0.05, 0.1) is 13.7 Å². The maximum Gasteiger partial charge on any atom is 0.324 e. The Morgan fingerprint density at radius 2 is 1.77 bits per heavy atom. The molecule has 1 saturated heterocycles. The number of anilines is 1. The zero-order valence-electron chi connectivity index (χ0n) is 19.3. The van der Waals surface area contributed by atoms with E-state index in [9.17, 15) is 27.6 Å². The Bertz CT molecular complexity index is 1080. The number of nitrogens with one attached hydrogen (secondary N) is 2. The number of hydrogen-bond acceptors (Lipinski definition) is 5. The van der Waals surface area contributed by atoms with E-state index in [1.807, 2.05) is 7.05 Å². The number of halogens is 3. The summed E-state index contributed by atoms with van der Waals surface area (Å²) >= 11 is 0. The number of hydrogen-bond donors (Lipinski definition) is 2. The summed E-state index contributed by atoms with van der Waals surface area (Å²) in [5.41, 5.74) is 3.78. The average molecular weight is 493 g/mol. The van der Waals surface area contributed by atoms with Gasteiger partial charge in [-0.15, -0.1) is 0 Å². The number of urea groups is 1. The number of carbonyl (C=O) groups is 3. The first-order valence-electron chi connectivity index (χ1n) is 10.8. The smallest absolute Gasteiger partial charge is 0.324 e. The maximum atomic E-state index is 14.9. The topological polar surface area (TPSA) is 94.2 Å². The largest absolute Gasteiger partial charge is 0.497 e. The van der Waals surface area contributed by atoms with Crippen LogP contribution < -0.4 is 20.5 Å². The van der Waals surface area contributed by atoms with Crippen molar-refractivity contribution in [3.8, 4) is 5.75 Å². The van der Waals surface area contributed by atoms with Crippen molar-refractivity contribution in [3.05, 3.63) is 59.4 Å². The normalized spacial score (nSPS) is 13.9. The highest BCUT2D eigenvalue weighted by Crippen LogP contribution is 2.25. The van der Waals surface area contributed by atoms with Crippen LogP contribution in [-0.4, -0.2) is 74.4 Å². The van der Waals surface area contributed by atoms with E-state index in [0.29, 0.717) is 37.6 Å². The number of rotatable bonds is 6. The molecule has 4 amide bonds. The summed E-state index contributed by atoms with van der Waals surface area (Å²) in [7, 11) is 3.46. The van der Waals surface area contributed by atoms with Crippen molar-refractivity contribution in [3.63, 3.8) is 0 Å². The molecule has 35 heavy (non-hydrogen) atoms. The second-order valence-electron chi connectivity index (χ2n) is 7.91. The van der Waals surface area contributed by atoms with Crippen molar-refractivity contribution in [2.24, 2.45) is 0 Å². The zero-order chi connectivity index (χ0) is 25.5. The molecule has 188 valence electrons. The number of benzene rings is 2. The highest BCUT2D eigenvalue weighted by Gasteiger charge is 2.27. The molecule has 1 aliphatic rings. The number of nitrogens with zero attached hydrogens (tertiary/aromatic N) is 3. The van der Waals surface area contributed by atoms with Gasteiger partial charge in [-0.2, -0.15) is 8.78 Å². The Labute approximate surface area is 200 Å². The van der Waals surface area contributed by atoms with Gasteiger partial charge in [0.15, 0.2) is 0 Å². The van der Waals surface area contributed by atoms with Crippen molar-refractivity contribution < 1.29 is 32.3 Å². The first kappa shape index (κ1) is 25.8. The van der Waals surface area contributed by atoms with Gasteiger partial charge in [0.1, 0.15) is 11.6 Å². The van der Waals surface area contributed by atoms with Crippen LogP contribution in [0.5, 0.6) is 5.75 Å². The van der Waals surface area contributed by atoms with Crippen LogP contribution in [0, 0.1) is 5.82 Å². The average Bonchev–Trinajstić information content (AvgIpc) is 2.86. The van der Waals surface area contributed by atoms with E-state index in [1.54, 1.807) is 40.0 Å². The highest BCUT2D eigenvalue weighted by atomic mass is 19.3. The lowest BCUT2D eigenvalue weighted by atomic mass is 10.1. The van der Waals surface area contributed by atoms with Crippen molar-refractivity contribution in [1.29, 1.82) is 0 Å². The molecule has 0 saturated carbocycles. The molecular weight excluding hydrogens is 467 g/mol. The lowest BCUT2D eigenvalue weighted by Crippen LogP contribution is -2.52. The van der Waals surface area contributed by atoms with E-state index in [4.69, 9.17) is 4.74 Å². The predicted octanol–water partition coefficient (Wildman–Crippen LogP) is 2.23. The van der Waals surface area contributed by atoms with Gasteiger partial charge >= 0.3 is 18.4 Å². The van der Waals surface area contributed by atoms with Crippen molar-refractivity contribution in [2.45, 2.75) is 13.0 Å². The molecule has 1 aliphatic heterocycles. The third kappa shape index (κ3) is 6.63. The molecule has 2 N–H and O–H groups in total. The first-order valence-corrected chi connectivity index (χ1v) is 10.8. The van der Waals surface area contributed by atoms with Crippen LogP contribution in [0.1, 0.15) is 15.9 Å². The fourth-order valence-corrected chi connectivity index (χ4v) is 3.45. The summed E-state index contributed by atoms with van der Waals surface area (Å²) in [6, 6.07) is 10.0. The van der Waals surface area contributed by atoms with E-state index >= 15 is 0 Å². The Kier molecular flexibility index (Phi) is 8.53. The molecule has 0 aromatic heterocycles. The van der Waals surface area contributed by atoms with Crippen LogP contribution >= 0.6 is 0 Å².